The van der Waals surface area contributed by atoms with Crippen LogP contribution in [0, 0.1) is 23.7 Å². The summed E-state index contributed by atoms with van der Waals surface area (Å²) in [5.74, 6) is 3.59. The first-order valence-electron chi connectivity index (χ1n) is 9.07. The van der Waals surface area contributed by atoms with Gasteiger partial charge in [-0.05, 0) is 76.7 Å². The average Bonchev–Trinajstić information content (AvgIpc) is 2.41. The van der Waals surface area contributed by atoms with Gasteiger partial charge in [-0.15, -0.1) is 0 Å². The molecule has 1 aliphatic carbocycles. The van der Waals surface area contributed by atoms with Crippen LogP contribution in [-0.2, 0) is 4.74 Å². The second-order valence-electron chi connectivity index (χ2n) is 8.46. The van der Waals surface area contributed by atoms with Crippen LogP contribution in [0.5, 0.6) is 0 Å². The molecule has 0 amide bonds. The quantitative estimate of drug-likeness (QED) is 0.645. The smallest absolute Gasteiger partial charge is 0.0462 e. The zero-order valence-corrected chi connectivity index (χ0v) is 15.4. The molecule has 0 bridgehead atoms. The maximum absolute atomic E-state index is 5.20. The minimum Gasteiger partial charge on any atom is -0.385 e. The average molecular weight is 298 g/mol. The van der Waals surface area contributed by atoms with Crippen LogP contribution in [0.2, 0.25) is 0 Å². The zero-order chi connectivity index (χ0) is 15.9. The molecule has 0 heterocycles. The Kier molecular flexibility index (Phi) is 8.26. The molecule has 0 spiro atoms. The Morgan fingerprint density at radius 2 is 1.81 bits per heavy atom. The van der Waals surface area contributed by atoms with E-state index < -0.39 is 0 Å². The van der Waals surface area contributed by atoms with Crippen LogP contribution in [0.25, 0.3) is 0 Å². The van der Waals surface area contributed by atoms with Crippen LogP contribution in [0.15, 0.2) is 0 Å². The van der Waals surface area contributed by atoms with Crippen molar-refractivity contribution in [2.75, 3.05) is 20.3 Å². The van der Waals surface area contributed by atoms with E-state index in [0.29, 0.717) is 0 Å². The molecule has 2 nitrogen and oxygen atoms in total. The van der Waals surface area contributed by atoms with Crippen molar-refractivity contribution in [3.05, 3.63) is 0 Å². The van der Waals surface area contributed by atoms with Gasteiger partial charge in [0.2, 0.25) is 0 Å². The maximum atomic E-state index is 5.20. The third-order valence-electron chi connectivity index (χ3n) is 5.19. The van der Waals surface area contributed by atoms with Crippen molar-refractivity contribution in [3.8, 4) is 0 Å². The van der Waals surface area contributed by atoms with Crippen molar-refractivity contribution in [2.45, 2.75) is 78.7 Å². The summed E-state index contributed by atoms with van der Waals surface area (Å²) in [5, 5.41) is 3.74. The highest BCUT2D eigenvalue weighted by Gasteiger charge is 2.31. The largest absolute Gasteiger partial charge is 0.385 e. The van der Waals surface area contributed by atoms with Gasteiger partial charge >= 0.3 is 0 Å². The molecule has 3 atom stereocenters. The molecular weight excluding hydrogens is 258 g/mol. The minimum atomic E-state index is 0.246. The lowest BCUT2D eigenvalue weighted by molar-refractivity contribution is 0.125. The van der Waals surface area contributed by atoms with Gasteiger partial charge in [-0.25, -0.2) is 0 Å². The lowest BCUT2D eigenvalue weighted by Crippen LogP contribution is -2.42. The van der Waals surface area contributed by atoms with E-state index in [2.05, 4.69) is 39.9 Å². The molecule has 0 aromatic carbocycles. The summed E-state index contributed by atoms with van der Waals surface area (Å²) in [6.45, 7) is 13.8. The van der Waals surface area contributed by atoms with E-state index in [1.807, 2.05) is 7.11 Å². The Morgan fingerprint density at radius 3 is 2.38 bits per heavy atom. The van der Waals surface area contributed by atoms with Crippen LogP contribution in [0.4, 0.5) is 0 Å². The van der Waals surface area contributed by atoms with Crippen molar-refractivity contribution in [2.24, 2.45) is 23.7 Å². The second-order valence-corrected chi connectivity index (χ2v) is 8.46. The Hall–Kier alpha value is -0.0800. The molecule has 0 saturated heterocycles. The first-order chi connectivity index (χ1) is 9.83. The number of unbranched alkanes of at least 4 members (excludes halogenated alkanes) is 1. The maximum Gasteiger partial charge on any atom is 0.0462 e. The number of ether oxygens (including phenoxy) is 1. The van der Waals surface area contributed by atoms with Crippen LogP contribution < -0.4 is 5.32 Å². The third-order valence-corrected chi connectivity index (χ3v) is 5.19. The fourth-order valence-corrected chi connectivity index (χ4v) is 3.68. The van der Waals surface area contributed by atoms with E-state index in [9.17, 15) is 0 Å². The van der Waals surface area contributed by atoms with Gasteiger partial charge in [0, 0.05) is 19.3 Å². The molecule has 0 aromatic rings. The molecule has 3 unspecified atom stereocenters. The highest BCUT2D eigenvalue weighted by Crippen LogP contribution is 2.39. The van der Waals surface area contributed by atoms with E-state index >= 15 is 0 Å². The van der Waals surface area contributed by atoms with E-state index in [4.69, 9.17) is 4.74 Å². The van der Waals surface area contributed by atoms with Crippen molar-refractivity contribution in [1.29, 1.82) is 0 Å². The predicted molar refractivity (Wildman–Crippen MR) is 92.6 cm³/mol. The Balaban J connectivity index is 2.49. The van der Waals surface area contributed by atoms with Crippen LogP contribution in [-0.4, -0.2) is 25.8 Å². The summed E-state index contributed by atoms with van der Waals surface area (Å²) in [6.07, 6.45) is 8.24. The molecule has 126 valence electrons. The van der Waals surface area contributed by atoms with Crippen LogP contribution in [0.1, 0.15) is 73.1 Å². The summed E-state index contributed by atoms with van der Waals surface area (Å²) in [7, 11) is 1.81. The van der Waals surface area contributed by atoms with Gasteiger partial charge < -0.3 is 10.1 Å². The lowest BCUT2D eigenvalue weighted by atomic mass is 9.69. The molecule has 1 aliphatic rings. The SMILES string of the molecule is COCCCCC1CC(C(C)C)CCC1CNC(C)(C)C. The Bertz CT molecular complexity index is 269. The van der Waals surface area contributed by atoms with Crippen molar-refractivity contribution in [3.63, 3.8) is 0 Å². The van der Waals surface area contributed by atoms with Crippen molar-refractivity contribution < 1.29 is 4.74 Å². The fraction of sp³-hybridized carbons (Fsp3) is 1.00. The first kappa shape index (κ1) is 19.0. The first-order valence-corrected chi connectivity index (χ1v) is 9.07. The van der Waals surface area contributed by atoms with Gasteiger partial charge in [0.05, 0.1) is 0 Å². The summed E-state index contributed by atoms with van der Waals surface area (Å²) >= 11 is 0. The van der Waals surface area contributed by atoms with Crippen LogP contribution in [0.3, 0.4) is 0 Å². The summed E-state index contributed by atoms with van der Waals surface area (Å²) < 4.78 is 5.20. The minimum absolute atomic E-state index is 0.246. The molecule has 1 N–H and O–H groups in total. The van der Waals surface area contributed by atoms with Gasteiger partial charge in [0.15, 0.2) is 0 Å². The fourth-order valence-electron chi connectivity index (χ4n) is 3.68. The van der Waals surface area contributed by atoms with Gasteiger partial charge in [-0.1, -0.05) is 26.7 Å². The lowest BCUT2D eigenvalue weighted by Gasteiger charge is -2.39. The normalized spacial score (nSPS) is 27.3. The molecule has 0 aromatic heterocycles. The highest BCUT2D eigenvalue weighted by atomic mass is 16.5. The van der Waals surface area contributed by atoms with Gasteiger partial charge in [-0.3, -0.25) is 0 Å². The van der Waals surface area contributed by atoms with Crippen molar-refractivity contribution >= 4 is 0 Å². The molecule has 1 saturated carbocycles. The zero-order valence-electron chi connectivity index (χ0n) is 15.4. The molecule has 2 heteroatoms. The summed E-state index contributed by atoms with van der Waals surface area (Å²) in [4.78, 5) is 0. The van der Waals surface area contributed by atoms with Gasteiger partial charge in [0.25, 0.3) is 0 Å². The summed E-state index contributed by atoms with van der Waals surface area (Å²) in [5.41, 5.74) is 0.246. The van der Waals surface area contributed by atoms with E-state index in [0.717, 1.165) is 30.3 Å². The molecule has 1 rings (SSSR count). The Labute approximate surface area is 133 Å². The molecule has 1 fully saturated rings. The molecule has 21 heavy (non-hydrogen) atoms. The number of nitrogens with one attached hydrogen (secondary N) is 1. The van der Waals surface area contributed by atoms with Crippen LogP contribution >= 0.6 is 0 Å². The van der Waals surface area contributed by atoms with E-state index in [1.54, 1.807) is 0 Å². The number of hydrogen-bond donors (Lipinski definition) is 1. The molecule has 0 radical (unpaired) electrons. The number of rotatable bonds is 8. The standard InChI is InChI=1S/C19H39NO/c1-15(2)16-10-11-18(14-20-19(3,4)5)17(13-16)9-7-8-12-21-6/h15-18,20H,7-14H2,1-6H3. The van der Waals surface area contributed by atoms with E-state index in [1.165, 1.54) is 45.1 Å². The highest BCUT2D eigenvalue weighted by molar-refractivity contribution is 4.84. The van der Waals surface area contributed by atoms with Crippen molar-refractivity contribution in [1.82, 2.24) is 5.32 Å². The van der Waals surface area contributed by atoms with E-state index in [-0.39, 0.29) is 5.54 Å². The molecule has 0 aliphatic heterocycles. The second kappa shape index (κ2) is 9.15. The predicted octanol–water partition coefficient (Wildman–Crippen LogP) is 4.88. The Morgan fingerprint density at radius 1 is 1.10 bits per heavy atom. The number of hydrogen-bond acceptors (Lipinski definition) is 2. The monoisotopic (exact) mass is 297 g/mol. The molecular formula is C19H39NO. The number of methoxy groups -OCH3 is 1. The van der Waals surface area contributed by atoms with Gasteiger partial charge in [0.1, 0.15) is 0 Å². The third kappa shape index (κ3) is 7.65. The summed E-state index contributed by atoms with van der Waals surface area (Å²) in [6, 6.07) is 0. The van der Waals surface area contributed by atoms with Gasteiger partial charge in [-0.2, -0.15) is 0 Å². The topological polar surface area (TPSA) is 21.3 Å².